The highest BCUT2D eigenvalue weighted by atomic mass is 32.3. The minimum atomic E-state index is -6.17. The molecule has 1 aliphatic carbocycles. The molecule has 0 N–H and O–H groups in total. The fourth-order valence-corrected chi connectivity index (χ4v) is 5.09. The number of alkyl halides is 3. The van der Waals surface area contributed by atoms with Gasteiger partial charge in [-0.1, -0.05) is 34.1 Å². The molecule has 1 saturated carbocycles. The van der Waals surface area contributed by atoms with Crippen LogP contribution < -0.4 is 0 Å². The van der Waals surface area contributed by atoms with Crippen LogP contribution in [0.2, 0.25) is 0 Å². The molecule has 0 bridgehead atoms. The summed E-state index contributed by atoms with van der Waals surface area (Å²) in [6.45, 7) is 6.86. The first kappa shape index (κ1) is 19.7. The molecule has 0 aliphatic heterocycles. The Morgan fingerprint density at radius 1 is 1.00 bits per heavy atom. The summed E-state index contributed by atoms with van der Waals surface area (Å²) < 4.78 is 88.5. The van der Waals surface area contributed by atoms with Crippen molar-refractivity contribution in [2.75, 3.05) is 0 Å². The summed E-state index contributed by atoms with van der Waals surface area (Å²) in [5.74, 6) is 0. The fourth-order valence-electron chi connectivity index (χ4n) is 2.88. The van der Waals surface area contributed by atoms with Crippen LogP contribution in [0.1, 0.15) is 47.0 Å². The van der Waals surface area contributed by atoms with E-state index in [1.165, 1.54) is 0 Å². The highest BCUT2D eigenvalue weighted by molar-refractivity contribution is 8.10. The third-order valence-corrected chi connectivity index (χ3v) is 6.30. The molecule has 0 aromatic heterocycles. The summed E-state index contributed by atoms with van der Waals surface area (Å²) in [5.41, 5.74) is -7.08. The maximum absolute atomic E-state index is 12.2. The minimum absolute atomic E-state index is 0.600. The van der Waals surface area contributed by atoms with Crippen molar-refractivity contribution in [1.82, 2.24) is 0 Å². The maximum atomic E-state index is 12.2. The summed E-state index contributed by atoms with van der Waals surface area (Å²) in [7, 11) is -11.4. The van der Waals surface area contributed by atoms with Crippen LogP contribution in [0.4, 0.5) is 13.2 Å². The molecule has 6 nitrogen and oxygen atoms in total. The first-order valence-electron chi connectivity index (χ1n) is 6.49. The number of hydrogen-bond acceptors (Lipinski definition) is 5. The molecule has 0 aromatic rings. The first-order chi connectivity index (χ1) is 9.50. The Labute approximate surface area is 128 Å². The molecule has 1 fully saturated rings. The van der Waals surface area contributed by atoms with Gasteiger partial charge in [0.25, 0.3) is 0 Å². The summed E-state index contributed by atoms with van der Waals surface area (Å²) in [6, 6.07) is 0. The summed E-state index contributed by atoms with van der Waals surface area (Å²) >= 11 is 0. The molecule has 0 saturated heterocycles. The average Bonchev–Trinajstić information content (AvgIpc) is 2.20. The van der Waals surface area contributed by atoms with E-state index >= 15 is 0 Å². The highest BCUT2D eigenvalue weighted by Gasteiger charge is 2.47. The van der Waals surface area contributed by atoms with Gasteiger partial charge in [0, 0.05) is 0 Å². The Kier molecular flexibility index (Phi) is 5.01. The van der Waals surface area contributed by atoms with Crippen LogP contribution in [-0.4, -0.2) is 28.4 Å². The van der Waals surface area contributed by atoms with Crippen molar-refractivity contribution in [1.29, 1.82) is 0 Å². The van der Waals surface area contributed by atoms with Crippen molar-refractivity contribution in [3.63, 3.8) is 0 Å². The van der Waals surface area contributed by atoms with Gasteiger partial charge < -0.3 is 4.13 Å². The number of hydrogen-bond donors (Lipinski definition) is 0. The van der Waals surface area contributed by atoms with Crippen LogP contribution in [0, 0.1) is 10.8 Å². The summed E-state index contributed by atoms with van der Waals surface area (Å²) in [5, 5.41) is 0. The molecule has 1 rings (SSSR count). The molecule has 0 atom stereocenters. The van der Waals surface area contributed by atoms with Gasteiger partial charge in [0.05, 0.1) is 6.10 Å². The molecule has 0 spiro atoms. The first-order valence-corrected chi connectivity index (χ1v) is 9.29. The lowest BCUT2D eigenvalue weighted by atomic mass is 9.63. The van der Waals surface area contributed by atoms with Crippen LogP contribution in [0.25, 0.3) is 4.13 Å². The predicted molar refractivity (Wildman–Crippen MR) is 73.5 cm³/mol. The molecule has 0 unspecified atom stereocenters. The SMILES string of the molecule is CC1(C)CCCC(C)(C)C1OS(=O)(=O)[N-]S(=O)(=O)C(F)(F)F. The molecule has 132 valence electrons. The van der Waals surface area contributed by atoms with Crippen molar-refractivity contribution in [2.24, 2.45) is 10.8 Å². The standard InChI is InChI=1S/C11H19F3NO5S2/c1-9(2)6-5-7-10(3,4)8(9)20-22(18,19)15-21(16,17)11(12,13)14/h8H,5-7H2,1-4H3/q-1. The monoisotopic (exact) mass is 366 g/mol. The topological polar surface area (TPSA) is 91.6 Å². The van der Waals surface area contributed by atoms with Gasteiger partial charge in [-0.15, -0.1) is 0 Å². The van der Waals surface area contributed by atoms with Gasteiger partial charge in [0.2, 0.25) is 10.3 Å². The number of halogens is 3. The molecule has 11 heteroatoms. The van der Waals surface area contributed by atoms with Gasteiger partial charge in [-0.2, -0.15) is 13.2 Å². The Morgan fingerprint density at radius 2 is 1.41 bits per heavy atom. The van der Waals surface area contributed by atoms with Crippen LogP contribution in [0.3, 0.4) is 0 Å². The van der Waals surface area contributed by atoms with E-state index in [-0.39, 0.29) is 0 Å². The van der Waals surface area contributed by atoms with Gasteiger partial charge >= 0.3 is 5.51 Å². The van der Waals surface area contributed by atoms with Crippen LogP contribution >= 0.6 is 0 Å². The molecule has 0 heterocycles. The smallest absolute Gasteiger partial charge is 0.404 e. The van der Waals surface area contributed by atoms with E-state index < -0.39 is 42.8 Å². The van der Waals surface area contributed by atoms with Gasteiger partial charge in [0.15, 0.2) is 10.0 Å². The Morgan fingerprint density at radius 3 is 1.77 bits per heavy atom. The minimum Gasteiger partial charge on any atom is -0.404 e. The third kappa shape index (κ3) is 4.33. The van der Waals surface area contributed by atoms with Crippen LogP contribution in [-0.2, 0) is 24.5 Å². The lowest BCUT2D eigenvalue weighted by Crippen LogP contribution is -2.48. The van der Waals surface area contributed by atoms with Crippen molar-refractivity contribution in [3.8, 4) is 0 Å². The second kappa shape index (κ2) is 5.60. The average molecular weight is 366 g/mol. The van der Waals surface area contributed by atoms with Crippen molar-refractivity contribution < 1.29 is 34.2 Å². The lowest BCUT2D eigenvalue weighted by molar-refractivity contribution is -0.0528. The molecule has 1 aliphatic rings. The van der Waals surface area contributed by atoms with E-state index in [4.69, 9.17) is 4.18 Å². The summed E-state index contributed by atoms with van der Waals surface area (Å²) in [6.07, 6.45) is 1.02. The second-order valence-corrected chi connectivity index (χ2v) is 9.79. The normalized spacial score (nSPS) is 23.4. The van der Waals surface area contributed by atoms with E-state index in [9.17, 15) is 30.0 Å². The van der Waals surface area contributed by atoms with Crippen LogP contribution in [0.5, 0.6) is 0 Å². The molecule has 22 heavy (non-hydrogen) atoms. The van der Waals surface area contributed by atoms with Gasteiger partial charge in [0.1, 0.15) is 0 Å². The van der Waals surface area contributed by atoms with E-state index in [0.717, 1.165) is 6.42 Å². The lowest BCUT2D eigenvalue weighted by Gasteiger charge is -2.48. The van der Waals surface area contributed by atoms with E-state index in [0.29, 0.717) is 12.8 Å². The van der Waals surface area contributed by atoms with Crippen molar-refractivity contribution >= 4 is 20.3 Å². The maximum Gasteiger partial charge on any atom is 0.480 e. The predicted octanol–water partition coefficient (Wildman–Crippen LogP) is 3.08. The van der Waals surface area contributed by atoms with Crippen LogP contribution in [0.15, 0.2) is 0 Å². The molecular weight excluding hydrogens is 347 g/mol. The van der Waals surface area contributed by atoms with E-state index in [1.807, 2.05) is 4.13 Å². The fraction of sp³-hybridized carbons (Fsp3) is 1.00. The highest BCUT2D eigenvalue weighted by Crippen LogP contribution is 2.48. The second-order valence-electron chi connectivity index (χ2n) is 6.73. The zero-order valence-electron chi connectivity index (χ0n) is 12.6. The summed E-state index contributed by atoms with van der Waals surface area (Å²) in [4.78, 5) is 0. The third-order valence-electron chi connectivity index (χ3n) is 3.76. The van der Waals surface area contributed by atoms with E-state index in [2.05, 4.69) is 0 Å². The molecular formula is C11H19F3NO5S2-. The number of rotatable bonds is 4. The van der Waals surface area contributed by atoms with E-state index in [1.54, 1.807) is 27.7 Å². The Bertz CT molecular complexity index is 607. The van der Waals surface area contributed by atoms with Crippen molar-refractivity contribution in [3.05, 3.63) is 4.13 Å². The quantitative estimate of drug-likeness (QED) is 0.762. The number of sulfonamides is 1. The zero-order chi connectivity index (χ0) is 17.6. The largest absolute Gasteiger partial charge is 0.480 e. The molecule has 0 aromatic carbocycles. The Hall–Kier alpha value is -0.390. The zero-order valence-corrected chi connectivity index (χ0v) is 14.3. The Balaban J connectivity index is 3.06. The molecule has 0 amide bonds. The van der Waals surface area contributed by atoms with Crippen molar-refractivity contribution in [2.45, 2.75) is 58.6 Å². The van der Waals surface area contributed by atoms with Gasteiger partial charge in [-0.3, -0.25) is 4.18 Å². The number of nitrogens with zero attached hydrogens (tertiary/aromatic N) is 1. The van der Waals surface area contributed by atoms with Gasteiger partial charge in [-0.05, 0) is 23.7 Å². The van der Waals surface area contributed by atoms with Gasteiger partial charge in [-0.25, -0.2) is 16.8 Å². The molecule has 0 radical (unpaired) electrons.